The summed E-state index contributed by atoms with van der Waals surface area (Å²) >= 11 is 0. The van der Waals surface area contributed by atoms with Gasteiger partial charge in [-0.15, -0.1) is 0 Å². The monoisotopic (exact) mass is 482 g/mol. The van der Waals surface area contributed by atoms with Crippen LogP contribution in [0, 0.1) is 5.41 Å². The fourth-order valence-corrected chi connectivity index (χ4v) is 4.64. The maximum absolute atomic E-state index is 13.0. The molecule has 2 aliphatic rings. The number of carbonyl (C=O) groups excluding carboxylic acids is 2. The summed E-state index contributed by atoms with van der Waals surface area (Å²) in [5.41, 5.74) is 3.17. The first-order valence-corrected chi connectivity index (χ1v) is 11.6. The number of benzene rings is 2. The third kappa shape index (κ3) is 5.01. The predicted molar refractivity (Wildman–Crippen MR) is 127 cm³/mol. The number of ether oxygens (including phenoxy) is 3. The lowest BCUT2D eigenvalue weighted by Crippen LogP contribution is -2.55. The Balaban J connectivity index is 1.40. The Morgan fingerprint density at radius 3 is 2.34 bits per heavy atom. The Kier molecular flexibility index (Phi) is 7.37. The van der Waals surface area contributed by atoms with E-state index in [4.69, 9.17) is 14.2 Å². The number of fused-ring (bicyclic) bond motifs is 3. The first kappa shape index (κ1) is 24.7. The van der Waals surface area contributed by atoms with Crippen LogP contribution in [0.5, 0.6) is 0 Å². The molecule has 1 aliphatic heterocycles. The molecule has 1 fully saturated rings. The van der Waals surface area contributed by atoms with Gasteiger partial charge in [-0.25, -0.2) is 4.79 Å². The molecule has 1 saturated heterocycles. The number of carbonyl (C=O) groups is 3. The zero-order valence-corrected chi connectivity index (χ0v) is 19.8. The molecule has 9 nitrogen and oxygen atoms in total. The highest BCUT2D eigenvalue weighted by molar-refractivity contribution is 5.87. The number of methoxy groups -OCH3 is 1. The fourth-order valence-electron chi connectivity index (χ4n) is 4.64. The highest BCUT2D eigenvalue weighted by Gasteiger charge is 2.47. The lowest BCUT2D eigenvalue weighted by Gasteiger charge is -2.27. The molecule has 0 aromatic heterocycles. The van der Waals surface area contributed by atoms with Gasteiger partial charge in [0.05, 0.1) is 19.3 Å². The van der Waals surface area contributed by atoms with E-state index in [1.165, 1.54) is 14.0 Å². The summed E-state index contributed by atoms with van der Waals surface area (Å²) in [5, 5.41) is 14.9. The topological polar surface area (TPSA) is 123 Å². The van der Waals surface area contributed by atoms with E-state index in [-0.39, 0.29) is 38.8 Å². The maximum atomic E-state index is 13.0. The standard InChI is InChI=1S/C26H30N2O7/c1-26(24(30)31)15-34-14-22(26)28-23(29)21(11-12-33-2)27-25(32)35-13-20-18-9-5-3-7-16(18)17-8-4-6-10-19(17)20/h3-10,20-22H,11-15H2,1-2H3,(H,27,32)(H,28,29)(H,30,31). The molecule has 0 bridgehead atoms. The summed E-state index contributed by atoms with van der Waals surface area (Å²) in [6, 6.07) is 14.4. The van der Waals surface area contributed by atoms with Gasteiger partial charge in [-0.1, -0.05) is 48.5 Å². The molecule has 2 aromatic rings. The van der Waals surface area contributed by atoms with Gasteiger partial charge < -0.3 is 30.0 Å². The van der Waals surface area contributed by atoms with Crippen LogP contribution in [-0.4, -0.2) is 68.7 Å². The minimum atomic E-state index is -1.24. The fraction of sp³-hybridized carbons (Fsp3) is 0.423. The van der Waals surface area contributed by atoms with Gasteiger partial charge in [-0.2, -0.15) is 0 Å². The quantitative estimate of drug-likeness (QED) is 0.502. The van der Waals surface area contributed by atoms with Crippen LogP contribution < -0.4 is 10.6 Å². The lowest BCUT2D eigenvalue weighted by molar-refractivity contribution is -0.149. The molecule has 3 N–H and O–H groups in total. The van der Waals surface area contributed by atoms with E-state index in [1.54, 1.807) is 0 Å². The van der Waals surface area contributed by atoms with Gasteiger partial charge in [0.15, 0.2) is 0 Å². The van der Waals surface area contributed by atoms with E-state index in [9.17, 15) is 19.5 Å². The number of amides is 2. The van der Waals surface area contributed by atoms with E-state index in [0.717, 1.165) is 22.3 Å². The van der Waals surface area contributed by atoms with Gasteiger partial charge in [0.1, 0.15) is 18.1 Å². The van der Waals surface area contributed by atoms with Crippen molar-refractivity contribution in [2.75, 3.05) is 33.5 Å². The molecular formula is C26H30N2O7. The summed E-state index contributed by atoms with van der Waals surface area (Å²) in [5.74, 6) is -1.68. The summed E-state index contributed by atoms with van der Waals surface area (Å²) in [7, 11) is 1.49. The molecule has 1 heterocycles. The van der Waals surface area contributed by atoms with Crippen LogP contribution in [0.3, 0.4) is 0 Å². The van der Waals surface area contributed by atoms with Crippen LogP contribution in [0.4, 0.5) is 4.79 Å². The predicted octanol–water partition coefficient (Wildman–Crippen LogP) is 2.54. The molecule has 3 unspecified atom stereocenters. The molecule has 3 atom stereocenters. The largest absolute Gasteiger partial charge is 0.481 e. The SMILES string of the molecule is COCCC(NC(=O)OCC1c2ccccc2-c2ccccc21)C(=O)NC1COCC1(C)C(=O)O. The lowest BCUT2D eigenvalue weighted by atomic mass is 9.85. The van der Waals surface area contributed by atoms with Gasteiger partial charge in [0, 0.05) is 26.1 Å². The Bertz CT molecular complexity index is 1060. The number of carboxylic acids is 1. The normalized spacial score (nSPS) is 21.6. The highest BCUT2D eigenvalue weighted by atomic mass is 16.5. The second kappa shape index (κ2) is 10.5. The Morgan fingerprint density at radius 2 is 1.74 bits per heavy atom. The molecule has 0 radical (unpaired) electrons. The molecule has 186 valence electrons. The zero-order chi connectivity index (χ0) is 25.0. The maximum Gasteiger partial charge on any atom is 0.407 e. The van der Waals surface area contributed by atoms with E-state index in [2.05, 4.69) is 22.8 Å². The van der Waals surface area contributed by atoms with Gasteiger partial charge in [0.25, 0.3) is 0 Å². The number of alkyl carbamates (subject to hydrolysis) is 1. The van der Waals surface area contributed by atoms with E-state index in [0.29, 0.717) is 0 Å². The van der Waals surface area contributed by atoms with Crippen molar-refractivity contribution >= 4 is 18.0 Å². The average Bonchev–Trinajstić information content (AvgIpc) is 3.39. The summed E-state index contributed by atoms with van der Waals surface area (Å²) in [6.07, 6.45) is -0.532. The molecule has 35 heavy (non-hydrogen) atoms. The molecule has 0 saturated carbocycles. The molecule has 2 aromatic carbocycles. The Labute approximate surface area is 203 Å². The average molecular weight is 483 g/mol. The molecule has 1 aliphatic carbocycles. The van der Waals surface area contributed by atoms with Gasteiger partial charge >= 0.3 is 12.1 Å². The van der Waals surface area contributed by atoms with Crippen LogP contribution in [0.2, 0.25) is 0 Å². The van der Waals surface area contributed by atoms with E-state index >= 15 is 0 Å². The third-order valence-electron chi connectivity index (χ3n) is 6.82. The van der Waals surface area contributed by atoms with E-state index < -0.39 is 35.5 Å². The minimum Gasteiger partial charge on any atom is -0.481 e. The van der Waals surface area contributed by atoms with Crippen LogP contribution in [0.25, 0.3) is 11.1 Å². The van der Waals surface area contributed by atoms with Crippen LogP contribution in [-0.2, 0) is 23.8 Å². The van der Waals surface area contributed by atoms with Crippen molar-refractivity contribution in [1.29, 1.82) is 0 Å². The van der Waals surface area contributed by atoms with E-state index in [1.807, 2.05) is 36.4 Å². The van der Waals surface area contributed by atoms with Gasteiger partial charge in [-0.05, 0) is 29.2 Å². The molecule has 2 amide bonds. The first-order chi connectivity index (χ1) is 16.8. The van der Waals surface area contributed by atoms with Crippen molar-refractivity contribution in [3.63, 3.8) is 0 Å². The third-order valence-corrected chi connectivity index (χ3v) is 6.82. The van der Waals surface area contributed by atoms with Gasteiger partial charge in [-0.3, -0.25) is 9.59 Å². The summed E-state index contributed by atoms with van der Waals surface area (Å²) in [6.45, 7) is 1.94. The van der Waals surface area contributed by atoms with Crippen molar-refractivity contribution in [2.24, 2.45) is 5.41 Å². The number of hydrogen-bond acceptors (Lipinski definition) is 6. The molecule has 4 rings (SSSR count). The second-order valence-corrected chi connectivity index (χ2v) is 9.10. The summed E-state index contributed by atoms with van der Waals surface area (Å²) in [4.78, 5) is 37.3. The number of hydrogen-bond donors (Lipinski definition) is 3. The molecule has 0 spiro atoms. The smallest absolute Gasteiger partial charge is 0.407 e. The van der Waals surface area contributed by atoms with Crippen molar-refractivity contribution < 1.29 is 33.7 Å². The van der Waals surface area contributed by atoms with Crippen LogP contribution in [0.1, 0.15) is 30.4 Å². The van der Waals surface area contributed by atoms with Crippen molar-refractivity contribution in [1.82, 2.24) is 10.6 Å². The second-order valence-electron chi connectivity index (χ2n) is 9.10. The highest BCUT2D eigenvalue weighted by Crippen LogP contribution is 2.44. The Hall–Kier alpha value is -3.43. The molecule has 9 heteroatoms. The van der Waals surface area contributed by atoms with Crippen LogP contribution >= 0.6 is 0 Å². The van der Waals surface area contributed by atoms with Crippen molar-refractivity contribution in [2.45, 2.75) is 31.3 Å². The number of rotatable bonds is 9. The summed E-state index contributed by atoms with van der Waals surface area (Å²) < 4.78 is 15.9. The Morgan fingerprint density at radius 1 is 1.11 bits per heavy atom. The minimum absolute atomic E-state index is 0.00414. The number of aliphatic carboxylic acids is 1. The number of nitrogens with one attached hydrogen (secondary N) is 2. The zero-order valence-electron chi connectivity index (χ0n) is 19.8. The first-order valence-electron chi connectivity index (χ1n) is 11.6. The van der Waals surface area contributed by atoms with Crippen molar-refractivity contribution in [3.8, 4) is 11.1 Å². The molecular weight excluding hydrogens is 452 g/mol. The van der Waals surface area contributed by atoms with Crippen molar-refractivity contribution in [3.05, 3.63) is 59.7 Å². The van der Waals surface area contributed by atoms with Crippen LogP contribution in [0.15, 0.2) is 48.5 Å². The van der Waals surface area contributed by atoms with Gasteiger partial charge in [0.2, 0.25) is 5.91 Å². The number of carboxylic acid groups (broad SMARTS) is 1.